The molecule has 0 atom stereocenters. The van der Waals surface area contributed by atoms with Gasteiger partial charge in [0, 0.05) is 17.6 Å². The molecule has 0 saturated carbocycles. The molecule has 112 valence electrons. The van der Waals surface area contributed by atoms with Gasteiger partial charge in [0.2, 0.25) is 15.9 Å². The van der Waals surface area contributed by atoms with Crippen LogP contribution in [0.3, 0.4) is 0 Å². The quantitative estimate of drug-likeness (QED) is 0.867. The maximum Gasteiger partial charge on any atom is 0.235 e. The van der Waals surface area contributed by atoms with Crippen LogP contribution in [0.1, 0.15) is 19.4 Å². The summed E-state index contributed by atoms with van der Waals surface area (Å²) in [6.45, 7) is 3.49. The van der Waals surface area contributed by atoms with Gasteiger partial charge in [0.1, 0.15) is 0 Å². The first-order chi connectivity index (χ1) is 9.20. The van der Waals surface area contributed by atoms with Crippen LogP contribution in [0.4, 0.5) is 0 Å². The molecule has 1 amide bonds. The summed E-state index contributed by atoms with van der Waals surface area (Å²) in [4.78, 5) is 11.7. The maximum atomic E-state index is 11.8. The van der Waals surface area contributed by atoms with Gasteiger partial charge in [-0.25, -0.2) is 8.42 Å². The zero-order valence-electron chi connectivity index (χ0n) is 11.8. The monoisotopic (exact) mass is 318 g/mol. The molecule has 0 unspecified atom stereocenters. The van der Waals surface area contributed by atoms with Crippen LogP contribution in [0.5, 0.6) is 0 Å². The predicted molar refractivity (Wildman–Crippen MR) is 80.0 cm³/mol. The highest BCUT2D eigenvalue weighted by atomic mass is 35.5. The fraction of sp³-hybridized carbons (Fsp3) is 0.462. The van der Waals surface area contributed by atoms with Crippen LogP contribution < -0.4 is 5.32 Å². The molecule has 0 aromatic heterocycles. The minimum absolute atomic E-state index is 0.0378. The van der Waals surface area contributed by atoms with Gasteiger partial charge >= 0.3 is 0 Å². The van der Waals surface area contributed by atoms with E-state index in [1.807, 2.05) is 13.8 Å². The third-order valence-electron chi connectivity index (χ3n) is 2.54. The highest BCUT2D eigenvalue weighted by Crippen LogP contribution is 2.18. The molecule has 5 nitrogen and oxygen atoms in total. The molecule has 20 heavy (non-hydrogen) atoms. The van der Waals surface area contributed by atoms with Crippen molar-refractivity contribution in [3.05, 3.63) is 34.9 Å². The first-order valence-electron chi connectivity index (χ1n) is 6.18. The fourth-order valence-electron chi connectivity index (χ4n) is 1.63. The summed E-state index contributed by atoms with van der Waals surface area (Å²) in [5.74, 6) is -0.336. The van der Waals surface area contributed by atoms with E-state index in [1.165, 1.54) is 0 Å². The van der Waals surface area contributed by atoms with Crippen molar-refractivity contribution in [3.8, 4) is 0 Å². The Morgan fingerprint density at radius 3 is 2.45 bits per heavy atom. The van der Waals surface area contributed by atoms with Crippen LogP contribution in [0.25, 0.3) is 0 Å². The van der Waals surface area contributed by atoms with Crippen molar-refractivity contribution >= 4 is 27.5 Å². The van der Waals surface area contributed by atoms with Gasteiger partial charge in [0.25, 0.3) is 0 Å². The smallest absolute Gasteiger partial charge is 0.235 e. The van der Waals surface area contributed by atoms with Crippen molar-refractivity contribution < 1.29 is 13.2 Å². The summed E-state index contributed by atoms with van der Waals surface area (Å²) < 4.78 is 24.6. The number of carbonyl (C=O) groups is 1. The van der Waals surface area contributed by atoms with Gasteiger partial charge in [-0.3, -0.25) is 4.79 Å². The number of carbonyl (C=O) groups excluding carboxylic acids is 1. The molecular weight excluding hydrogens is 300 g/mol. The van der Waals surface area contributed by atoms with Gasteiger partial charge in [-0.15, -0.1) is 0 Å². The molecule has 1 aromatic rings. The van der Waals surface area contributed by atoms with E-state index in [0.29, 0.717) is 10.6 Å². The molecule has 0 aliphatic rings. The lowest BCUT2D eigenvalue weighted by Gasteiger charge is -2.20. The third kappa shape index (κ3) is 5.48. The summed E-state index contributed by atoms with van der Waals surface area (Å²) >= 11 is 6.02. The summed E-state index contributed by atoms with van der Waals surface area (Å²) in [7, 11) is -3.50. The molecule has 0 heterocycles. The Labute approximate surface area is 125 Å². The second-order valence-electron chi connectivity index (χ2n) is 4.84. The largest absolute Gasteiger partial charge is 0.353 e. The highest BCUT2D eigenvalue weighted by molar-refractivity contribution is 7.88. The summed E-state index contributed by atoms with van der Waals surface area (Å²) in [5.41, 5.74) is 0.664. The zero-order valence-corrected chi connectivity index (χ0v) is 13.3. The molecule has 0 saturated heterocycles. The van der Waals surface area contributed by atoms with E-state index in [4.69, 9.17) is 11.6 Å². The Bertz CT molecular complexity index is 573. The van der Waals surface area contributed by atoms with Gasteiger partial charge < -0.3 is 5.32 Å². The van der Waals surface area contributed by atoms with Crippen molar-refractivity contribution in [2.75, 3.05) is 12.8 Å². The first kappa shape index (κ1) is 16.9. The number of rotatable bonds is 6. The van der Waals surface area contributed by atoms with Gasteiger partial charge in [-0.05, 0) is 25.5 Å². The van der Waals surface area contributed by atoms with Crippen LogP contribution in [0, 0.1) is 0 Å². The van der Waals surface area contributed by atoms with Gasteiger partial charge in [0.15, 0.2) is 0 Å². The van der Waals surface area contributed by atoms with Crippen molar-refractivity contribution in [3.63, 3.8) is 0 Å². The molecule has 7 heteroatoms. The third-order valence-corrected chi connectivity index (χ3v) is 4.11. The summed E-state index contributed by atoms with van der Waals surface area (Å²) in [6, 6.07) is 6.92. The van der Waals surface area contributed by atoms with Crippen LogP contribution >= 0.6 is 11.6 Å². The van der Waals surface area contributed by atoms with E-state index < -0.39 is 10.0 Å². The lowest BCUT2D eigenvalue weighted by molar-refractivity contribution is -0.121. The number of sulfonamides is 1. The SMILES string of the molecule is CC(C)NC(=O)CN(Cc1ccccc1Cl)S(C)(=O)=O. The Morgan fingerprint density at radius 1 is 1.35 bits per heavy atom. The van der Waals surface area contributed by atoms with Crippen LogP contribution in [0.2, 0.25) is 5.02 Å². The second kappa shape index (κ2) is 7.06. The zero-order chi connectivity index (χ0) is 15.3. The van der Waals surface area contributed by atoms with Crippen molar-refractivity contribution in [1.82, 2.24) is 9.62 Å². The molecule has 1 rings (SSSR count). The van der Waals surface area contributed by atoms with Gasteiger partial charge in [-0.1, -0.05) is 29.8 Å². The van der Waals surface area contributed by atoms with E-state index in [1.54, 1.807) is 24.3 Å². The highest BCUT2D eigenvalue weighted by Gasteiger charge is 2.21. The summed E-state index contributed by atoms with van der Waals surface area (Å²) in [6.07, 6.45) is 1.08. The Hall–Kier alpha value is -1.11. The van der Waals surface area contributed by atoms with E-state index in [2.05, 4.69) is 5.32 Å². The Kier molecular flexibility index (Phi) is 5.98. The van der Waals surface area contributed by atoms with Gasteiger partial charge in [-0.2, -0.15) is 4.31 Å². The first-order valence-corrected chi connectivity index (χ1v) is 8.40. The van der Waals surface area contributed by atoms with Crippen LogP contribution in [-0.2, 0) is 21.4 Å². The number of hydrogen-bond acceptors (Lipinski definition) is 3. The molecule has 0 fully saturated rings. The normalized spacial score (nSPS) is 11.9. The molecule has 1 aromatic carbocycles. The average Bonchev–Trinajstić information content (AvgIpc) is 2.28. The van der Waals surface area contributed by atoms with Gasteiger partial charge in [0.05, 0.1) is 12.8 Å². The van der Waals surface area contributed by atoms with Crippen molar-refractivity contribution in [2.24, 2.45) is 0 Å². The van der Waals surface area contributed by atoms with Crippen LogP contribution in [-0.4, -0.2) is 37.5 Å². The van der Waals surface area contributed by atoms with E-state index in [0.717, 1.165) is 10.6 Å². The van der Waals surface area contributed by atoms with Crippen molar-refractivity contribution in [1.29, 1.82) is 0 Å². The Morgan fingerprint density at radius 2 is 1.95 bits per heavy atom. The number of nitrogens with one attached hydrogen (secondary N) is 1. The molecular formula is C13H19ClN2O3S. The molecule has 0 spiro atoms. The van der Waals surface area contributed by atoms with Crippen LogP contribution in [0.15, 0.2) is 24.3 Å². The van der Waals surface area contributed by atoms with Crippen molar-refractivity contribution in [2.45, 2.75) is 26.4 Å². The number of benzene rings is 1. The predicted octanol–water partition coefficient (Wildman–Crippen LogP) is 1.63. The minimum Gasteiger partial charge on any atom is -0.353 e. The Balaban J connectivity index is 2.87. The molecule has 1 N–H and O–H groups in total. The standard InChI is InChI=1S/C13H19ClN2O3S/c1-10(2)15-13(17)9-16(20(3,18)19)8-11-6-4-5-7-12(11)14/h4-7,10H,8-9H2,1-3H3,(H,15,17). The summed E-state index contributed by atoms with van der Waals surface area (Å²) in [5, 5.41) is 3.14. The minimum atomic E-state index is -3.50. The molecule has 0 aliphatic carbocycles. The molecule has 0 bridgehead atoms. The average molecular weight is 319 g/mol. The number of nitrogens with zero attached hydrogens (tertiary/aromatic N) is 1. The lowest BCUT2D eigenvalue weighted by Crippen LogP contribution is -2.42. The lowest BCUT2D eigenvalue weighted by atomic mass is 10.2. The van der Waals surface area contributed by atoms with E-state index in [9.17, 15) is 13.2 Å². The van der Waals surface area contributed by atoms with E-state index in [-0.39, 0.29) is 25.0 Å². The van der Waals surface area contributed by atoms with E-state index >= 15 is 0 Å². The number of hydrogen-bond donors (Lipinski definition) is 1. The fourth-order valence-corrected chi connectivity index (χ4v) is 2.56. The number of halogens is 1. The number of amides is 1. The maximum absolute atomic E-state index is 11.8. The molecule has 0 radical (unpaired) electrons. The molecule has 0 aliphatic heterocycles. The topological polar surface area (TPSA) is 66.5 Å². The second-order valence-corrected chi connectivity index (χ2v) is 7.23.